The fourth-order valence-electron chi connectivity index (χ4n) is 3.36. The predicted octanol–water partition coefficient (Wildman–Crippen LogP) is 2.80. The third-order valence-electron chi connectivity index (χ3n) is 4.43. The Labute approximate surface area is 102 Å². The number of fused-ring (bicyclic) bond motifs is 1. The number of carbonyl (C=O) groups is 1. The number of aryl methyl sites for hydroxylation is 1. The molecule has 0 spiro atoms. The smallest absolute Gasteiger partial charge is 0.142 e. The van der Waals surface area contributed by atoms with Gasteiger partial charge in [-0.05, 0) is 42.7 Å². The molecule has 2 aliphatic carbocycles. The predicted molar refractivity (Wildman–Crippen MR) is 66.6 cm³/mol. The first-order valence-electron chi connectivity index (χ1n) is 6.76. The fraction of sp³-hybridized carbons (Fsp3) is 0.600. The number of rotatable bonds is 4. The molecule has 2 atom stereocenters. The maximum Gasteiger partial charge on any atom is 0.142 e. The van der Waals surface area contributed by atoms with Crippen LogP contribution in [-0.2, 0) is 17.6 Å². The van der Waals surface area contributed by atoms with Crippen molar-refractivity contribution in [2.75, 3.05) is 0 Å². The van der Waals surface area contributed by atoms with Crippen molar-refractivity contribution in [1.29, 1.82) is 0 Å². The molecule has 0 aliphatic heterocycles. The summed E-state index contributed by atoms with van der Waals surface area (Å²) in [4.78, 5) is 16.5. The van der Waals surface area contributed by atoms with Crippen LogP contribution >= 0.6 is 0 Å². The Morgan fingerprint density at radius 1 is 1.35 bits per heavy atom. The normalized spacial score (nSPS) is 30.1. The number of pyridine rings is 1. The van der Waals surface area contributed by atoms with Crippen molar-refractivity contribution in [3.63, 3.8) is 0 Å². The molecule has 17 heavy (non-hydrogen) atoms. The zero-order chi connectivity index (χ0) is 11.8. The lowest BCUT2D eigenvalue weighted by Gasteiger charge is -2.03. The first-order chi connectivity index (χ1) is 8.29. The van der Waals surface area contributed by atoms with Gasteiger partial charge in [0.05, 0.1) is 0 Å². The summed E-state index contributed by atoms with van der Waals surface area (Å²) in [6.45, 7) is 2.12. The zero-order valence-electron chi connectivity index (χ0n) is 10.4. The van der Waals surface area contributed by atoms with Gasteiger partial charge in [-0.25, -0.2) is 0 Å². The minimum atomic E-state index is 0.386. The number of hydrogen-bond acceptors (Lipinski definition) is 2. The second-order valence-electron chi connectivity index (χ2n) is 5.44. The number of Topliss-reactive ketones (excluding diaryl/α,β-unsaturated/α-hetero) is 1. The number of carbonyl (C=O) groups excluding carboxylic acids is 1. The third-order valence-corrected chi connectivity index (χ3v) is 4.43. The minimum absolute atomic E-state index is 0.386. The minimum Gasteiger partial charge on any atom is -0.299 e. The summed E-state index contributed by atoms with van der Waals surface area (Å²) in [5.41, 5.74) is 2.18. The molecule has 2 nitrogen and oxygen atoms in total. The third kappa shape index (κ3) is 2.01. The Kier molecular flexibility index (Phi) is 2.73. The van der Waals surface area contributed by atoms with Crippen molar-refractivity contribution in [2.24, 2.45) is 17.8 Å². The molecule has 1 aromatic heterocycles. The molecule has 2 unspecified atom stereocenters. The van der Waals surface area contributed by atoms with E-state index in [1.165, 1.54) is 24.8 Å². The molecule has 2 aliphatic rings. The summed E-state index contributed by atoms with van der Waals surface area (Å²) in [6.07, 6.45) is 7.35. The van der Waals surface area contributed by atoms with E-state index in [9.17, 15) is 4.79 Å². The van der Waals surface area contributed by atoms with Crippen LogP contribution in [0.4, 0.5) is 0 Å². The molecule has 1 heterocycles. The molecule has 0 aromatic carbocycles. The largest absolute Gasteiger partial charge is 0.299 e. The molecule has 1 aromatic rings. The van der Waals surface area contributed by atoms with Gasteiger partial charge in [0.25, 0.3) is 0 Å². The van der Waals surface area contributed by atoms with Gasteiger partial charge in [0.1, 0.15) is 5.78 Å². The van der Waals surface area contributed by atoms with Crippen molar-refractivity contribution in [1.82, 2.24) is 4.98 Å². The molecular formula is C15H19NO. The molecule has 2 fully saturated rings. The summed E-state index contributed by atoms with van der Waals surface area (Å²) in [5, 5.41) is 0. The van der Waals surface area contributed by atoms with E-state index in [2.05, 4.69) is 18.0 Å². The van der Waals surface area contributed by atoms with Crippen LogP contribution in [0.1, 0.15) is 37.4 Å². The molecule has 0 bridgehead atoms. The van der Waals surface area contributed by atoms with Crippen LogP contribution in [-0.4, -0.2) is 10.8 Å². The molecule has 0 N–H and O–H groups in total. The highest BCUT2D eigenvalue weighted by Crippen LogP contribution is 2.58. The molecule has 0 radical (unpaired) electrons. The van der Waals surface area contributed by atoms with E-state index in [-0.39, 0.29) is 0 Å². The van der Waals surface area contributed by atoms with Gasteiger partial charge in [0.15, 0.2) is 0 Å². The van der Waals surface area contributed by atoms with Crippen molar-refractivity contribution >= 4 is 5.78 Å². The van der Waals surface area contributed by atoms with Crippen LogP contribution in [0.5, 0.6) is 0 Å². The van der Waals surface area contributed by atoms with E-state index in [0.29, 0.717) is 18.1 Å². The molecular weight excluding hydrogens is 210 g/mol. The molecule has 90 valence electrons. The summed E-state index contributed by atoms with van der Waals surface area (Å²) in [6, 6.07) is 4.10. The van der Waals surface area contributed by atoms with Gasteiger partial charge >= 0.3 is 0 Å². The van der Waals surface area contributed by atoms with Crippen LogP contribution in [0.25, 0.3) is 0 Å². The fourth-order valence-corrected chi connectivity index (χ4v) is 3.36. The highest BCUT2D eigenvalue weighted by molar-refractivity contribution is 5.86. The van der Waals surface area contributed by atoms with E-state index < -0.39 is 0 Å². The average molecular weight is 229 g/mol. The average Bonchev–Trinajstić information content (AvgIpc) is 2.85. The molecule has 0 saturated heterocycles. The van der Waals surface area contributed by atoms with E-state index in [1.807, 2.05) is 12.3 Å². The lowest BCUT2D eigenvalue weighted by Crippen LogP contribution is -2.10. The molecule has 3 rings (SSSR count). The maximum absolute atomic E-state index is 12.1. The van der Waals surface area contributed by atoms with E-state index >= 15 is 0 Å². The first kappa shape index (κ1) is 10.9. The van der Waals surface area contributed by atoms with Crippen LogP contribution in [0.3, 0.4) is 0 Å². The monoisotopic (exact) mass is 229 g/mol. The Morgan fingerprint density at radius 2 is 2.12 bits per heavy atom. The van der Waals surface area contributed by atoms with E-state index in [0.717, 1.165) is 24.0 Å². The second kappa shape index (κ2) is 4.25. The maximum atomic E-state index is 12.1. The lowest BCUT2D eigenvalue weighted by atomic mass is 10.0. The Bertz CT molecular complexity index is 413. The topological polar surface area (TPSA) is 30.0 Å². The zero-order valence-corrected chi connectivity index (χ0v) is 10.4. The molecule has 2 saturated carbocycles. The van der Waals surface area contributed by atoms with Crippen LogP contribution in [0, 0.1) is 17.8 Å². The van der Waals surface area contributed by atoms with Crippen molar-refractivity contribution in [2.45, 2.75) is 39.0 Å². The van der Waals surface area contributed by atoms with Crippen LogP contribution < -0.4 is 0 Å². The van der Waals surface area contributed by atoms with E-state index in [1.54, 1.807) is 0 Å². The standard InChI is InChI=1S/C15H19NO/c1-2-10-6-7-11(16-9-10)8-14(17)15-12-4-3-5-13(12)15/h6-7,9,12-13,15H,2-5,8H2,1H3. The number of hydrogen-bond donors (Lipinski definition) is 0. The van der Waals surface area contributed by atoms with Gasteiger partial charge < -0.3 is 0 Å². The summed E-state index contributed by atoms with van der Waals surface area (Å²) >= 11 is 0. The van der Waals surface area contributed by atoms with Gasteiger partial charge in [-0.15, -0.1) is 0 Å². The van der Waals surface area contributed by atoms with E-state index in [4.69, 9.17) is 0 Å². The van der Waals surface area contributed by atoms with Crippen molar-refractivity contribution in [3.8, 4) is 0 Å². The number of ketones is 1. The van der Waals surface area contributed by atoms with Gasteiger partial charge in [-0.1, -0.05) is 19.4 Å². The highest BCUT2D eigenvalue weighted by Gasteiger charge is 2.55. The Hall–Kier alpha value is -1.18. The van der Waals surface area contributed by atoms with Crippen molar-refractivity contribution < 1.29 is 4.79 Å². The summed E-state index contributed by atoms with van der Waals surface area (Å²) < 4.78 is 0. The van der Waals surface area contributed by atoms with Gasteiger partial charge in [0, 0.05) is 24.2 Å². The SMILES string of the molecule is CCc1ccc(CC(=O)C2C3CCCC32)nc1. The Morgan fingerprint density at radius 3 is 2.71 bits per heavy atom. The first-order valence-corrected chi connectivity index (χ1v) is 6.76. The highest BCUT2D eigenvalue weighted by atomic mass is 16.1. The summed E-state index contributed by atoms with van der Waals surface area (Å²) in [5.74, 6) is 2.28. The van der Waals surface area contributed by atoms with Crippen molar-refractivity contribution in [3.05, 3.63) is 29.6 Å². The van der Waals surface area contributed by atoms with Gasteiger partial charge in [-0.2, -0.15) is 0 Å². The quantitative estimate of drug-likeness (QED) is 0.794. The van der Waals surface area contributed by atoms with Gasteiger partial charge in [-0.3, -0.25) is 9.78 Å². The second-order valence-corrected chi connectivity index (χ2v) is 5.44. The number of nitrogens with zero attached hydrogens (tertiary/aromatic N) is 1. The number of aromatic nitrogens is 1. The summed E-state index contributed by atoms with van der Waals surface area (Å²) in [7, 11) is 0. The van der Waals surface area contributed by atoms with Crippen LogP contribution in [0.15, 0.2) is 18.3 Å². The van der Waals surface area contributed by atoms with Crippen LogP contribution in [0.2, 0.25) is 0 Å². The lowest BCUT2D eigenvalue weighted by molar-refractivity contribution is -0.120. The molecule has 0 amide bonds. The molecule has 2 heteroatoms. The Balaban J connectivity index is 1.61. The van der Waals surface area contributed by atoms with Gasteiger partial charge in [0.2, 0.25) is 0 Å².